The molecule has 6 heteroatoms. The number of alkyl halides is 2. The van der Waals surface area contributed by atoms with E-state index in [0.717, 1.165) is 0 Å². The van der Waals surface area contributed by atoms with Crippen LogP contribution in [0.25, 0.3) is 0 Å². The van der Waals surface area contributed by atoms with E-state index in [9.17, 15) is 13.6 Å². The van der Waals surface area contributed by atoms with Crippen molar-refractivity contribution < 1.29 is 18.3 Å². The van der Waals surface area contributed by atoms with Gasteiger partial charge in [0.2, 0.25) is 0 Å². The van der Waals surface area contributed by atoms with Gasteiger partial charge in [0.15, 0.2) is 5.54 Å². The average Bonchev–Trinajstić information content (AvgIpc) is 2.16. The van der Waals surface area contributed by atoms with Crippen LogP contribution in [0.5, 0.6) is 0 Å². The van der Waals surface area contributed by atoms with Crippen LogP contribution in [0.4, 0.5) is 8.78 Å². The Morgan fingerprint density at radius 2 is 2.13 bits per heavy atom. The van der Waals surface area contributed by atoms with Crippen LogP contribution in [0, 0.1) is 0 Å². The first-order chi connectivity index (χ1) is 6.91. The molecule has 1 atom stereocenters. The van der Waals surface area contributed by atoms with E-state index in [1.807, 2.05) is 0 Å². The highest BCUT2D eigenvalue weighted by molar-refractivity contribution is 5.85. The lowest BCUT2D eigenvalue weighted by Crippen LogP contribution is -2.56. The summed E-state index contributed by atoms with van der Waals surface area (Å²) in [5.41, 5.74) is 8.14. The van der Waals surface area contributed by atoms with Gasteiger partial charge in [-0.1, -0.05) is 6.08 Å². The van der Waals surface area contributed by atoms with Crippen LogP contribution < -0.4 is 11.5 Å². The number of esters is 1. The number of rotatable bonds is 5. The minimum atomic E-state index is -3.03. The molecule has 0 saturated heterocycles. The van der Waals surface area contributed by atoms with Crippen LogP contribution in [0.15, 0.2) is 11.6 Å². The van der Waals surface area contributed by atoms with Crippen LogP contribution >= 0.6 is 0 Å². The van der Waals surface area contributed by atoms with Crippen LogP contribution in [0.3, 0.4) is 0 Å². The van der Waals surface area contributed by atoms with Gasteiger partial charge >= 0.3 is 5.97 Å². The van der Waals surface area contributed by atoms with E-state index in [1.165, 1.54) is 19.9 Å². The maximum Gasteiger partial charge on any atom is 0.336 e. The Balaban J connectivity index is 5.06. The van der Waals surface area contributed by atoms with Gasteiger partial charge in [0, 0.05) is 6.54 Å². The van der Waals surface area contributed by atoms with Gasteiger partial charge in [-0.3, -0.25) is 0 Å². The molecule has 0 spiro atoms. The largest absolute Gasteiger partial charge is 0.464 e. The standard InChI is InChI=1S/C9H16F2N2O2/c1-3-15-8(14)9(13,7(10)11)6(2)4-5-12/h4,7H,3,5,12-13H2,1-2H3/b6-4+. The summed E-state index contributed by atoms with van der Waals surface area (Å²) in [5.74, 6) is -1.14. The number of hydrogen-bond acceptors (Lipinski definition) is 4. The predicted molar refractivity (Wildman–Crippen MR) is 52.4 cm³/mol. The fraction of sp³-hybridized carbons (Fsp3) is 0.667. The average molecular weight is 222 g/mol. The molecule has 0 heterocycles. The van der Waals surface area contributed by atoms with Crippen LogP contribution in [0.2, 0.25) is 0 Å². The number of ether oxygens (including phenoxy) is 1. The monoisotopic (exact) mass is 222 g/mol. The van der Waals surface area contributed by atoms with Crippen molar-refractivity contribution in [3.8, 4) is 0 Å². The summed E-state index contributed by atoms with van der Waals surface area (Å²) >= 11 is 0. The normalized spacial score (nSPS) is 16.3. The number of carbonyl (C=O) groups is 1. The maximum atomic E-state index is 12.7. The molecule has 0 fully saturated rings. The SMILES string of the molecule is CCOC(=O)C(N)(/C(C)=C/CN)C(F)F. The lowest BCUT2D eigenvalue weighted by Gasteiger charge is -2.27. The summed E-state index contributed by atoms with van der Waals surface area (Å²) in [7, 11) is 0. The molecule has 0 amide bonds. The third-order valence-electron chi connectivity index (χ3n) is 2.03. The van der Waals surface area contributed by atoms with Crippen molar-refractivity contribution >= 4 is 5.97 Å². The van der Waals surface area contributed by atoms with Crippen LogP contribution in [-0.4, -0.2) is 31.1 Å². The second-order valence-corrected chi connectivity index (χ2v) is 3.01. The summed E-state index contributed by atoms with van der Waals surface area (Å²) in [6.07, 6.45) is -1.75. The molecule has 0 aromatic heterocycles. The number of nitrogens with two attached hydrogens (primary N) is 2. The Kier molecular flexibility index (Phi) is 5.38. The van der Waals surface area contributed by atoms with Crippen molar-refractivity contribution in [3.63, 3.8) is 0 Å². The Bertz CT molecular complexity index is 256. The molecular weight excluding hydrogens is 206 g/mol. The highest BCUT2D eigenvalue weighted by Gasteiger charge is 2.46. The molecule has 0 aromatic carbocycles. The molecule has 0 aliphatic heterocycles. The summed E-state index contributed by atoms with van der Waals surface area (Å²) in [4.78, 5) is 11.3. The van der Waals surface area contributed by atoms with E-state index < -0.39 is 17.9 Å². The van der Waals surface area contributed by atoms with Crippen LogP contribution in [0.1, 0.15) is 13.8 Å². The van der Waals surface area contributed by atoms with Crippen LogP contribution in [-0.2, 0) is 9.53 Å². The molecule has 0 aliphatic carbocycles. The minimum Gasteiger partial charge on any atom is -0.464 e. The third kappa shape index (κ3) is 2.97. The summed E-state index contributed by atoms with van der Waals surface area (Å²) in [6, 6.07) is 0. The van der Waals surface area contributed by atoms with Crippen molar-refractivity contribution in [2.45, 2.75) is 25.8 Å². The molecule has 1 unspecified atom stereocenters. The van der Waals surface area contributed by atoms with E-state index in [1.54, 1.807) is 0 Å². The molecule has 15 heavy (non-hydrogen) atoms. The minimum absolute atomic E-state index is 0.000405. The molecule has 0 bridgehead atoms. The Morgan fingerprint density at radius 3 is 2.47 bits per heavy atom. The lowest BCUT2D eigenvalue weighted by atomic mass is 9.92. The van der Waals surface area contributed by atoms with Crippen molar-refractivity contribution in [3.05, 3.63) is 11.6 Å². The van der Waals surface area contributed by atoms with E-state index in [4.69, 9.17) is 11.5 Å². The first kappa shape index (κ1) is 14.0. The predicted octanol–water partition coefficient (Wildman–Crippen LogP) is 0.417. The molecule has 4 nitrogen and oxygen atoms in total. The zero-order valence-corrected chi connectivity index (χ0v) is 8.80. The van der Waals surface area contributed by atoms with Gasteiger partial charge < -0.3 is 16.2 Å². The fourth-order valence-corrected chi connectivity index (χ4v) is 1.02. The summed E-state index contributed by atoms with van der Waals surface area (Å²) < 4.78 is 30.0. The third-order valence-corrected chi connectivity index (χ3v) is 2.03. The highest BCUT2D eigenvalue weighted by Crippen LogP contribution is 2.23. The summed E-state index contributed by atoms with van der Waals surface area (Å²) in [5, 5.41) is 0. The van der Waals surface area contributed by atoms with E-state index in [0.29, 0.717) is 0 Å². The number of hydrogen-bond donors (Lipinski definition) is 2. The van der Waals surface area contributed by atoms with Gasteiger partial charge in [-0.25, -0.2) is 13.6 Å². The Hall–Kier alpha value is -1.01. The topological polar surface area (TPSA) is 78.3 Å². The Labute approximate surface area is 87.3 Å². The van der Waals surface area contributed by atoms with E-state index in [-0.39, 0.29) is 18.7 Å². The Morgan fingerprint density at radius 1 is 1.60 bits per heavy atom. The number of halogens is 2. The highest BCUT2D eigenvalue weighted by atomic mass is 19.3. The van der Waals surface area contributed by atoms with Crippen molar-refractivity contribution in [2.24, 2.45) is 11.5 Å². The van der Waals surface area contributed by atoms with Gasteiger partial charge in [0.25, 0.3) is 6.43 Å². The first-order valence-electron chi connectivity index (χ1n) is 4.52. The second-order valence-electron chi connectivity index (χ2n) is 3.01. The molecule has 0 aromatic rings. The van der Waals surface area contributed by atoms with Crippen molar-refractivity contribution in [1.82, 2.24) is 0 Å². The van der Waals surface area contributed by atoms with Gasteiger partial charge in [-0.2, -0.15) is 0 Å². The zero-order valence-electron chi connectivity index (χ0n) is 8.80. The molecular formula is C9H16F2N2O2. The molecule has 0 saturated carbocycles. The van der Waals surface area contributed by atoms with Gasteiger partial charge in [-0.05, 0) is 19.4 Å². The molecule has 88 valence electrons. The molecule has 0 aliphatic rings. The van der Waals surface area contributed by atoms with Crippen molar-refractivity contribution in [2.75, 3.05) is 13.2 Å². The zero-order chi connectivity index (χ0) is 12.1. The first-order valence-corrected chi connectivity index (χ1v) is 4.52. The lowest BCUT2D eigenvalue weighted by molar-refractivity contribution is -0.153. The fourth-order valence-electron chi connectivity index (χ4n) is 1.02. The maximum absolute atomic E-state index is 12.7. The van der Waals surface area contributed by atoms with Gasteiger partial charge in [0.05, 0.1) is 6.61 Å². The summed E-state index contributed by atoms with van der Waals surface area (Å²) in [6.45, 7) is 2.89. The van der Waals surface area contributed by atoms with E-state index >= 15 is 0 Å². The van der Waals surface area contributed by atoms with Gasteiger partial charge in [0.1, 0.15) is 0 Å². The van der Waals surface area contributed by atoms with E-state index in [2.05, 4.69) is 4.74 Å². The van der Waals surface area contributed by atoms with Crippen molar-refractivity contribution in [1.29, 1.82) is 0 Å². The number of carbonyl (C=O) groups excluding carboxylic acids is 1. The molecule has 4 N–H and O–H groups in total. The smallest absolute Gasteiger partial charge is 0.336 e. The van der Waals surface area contributed by atoms with Gasteiger partial charge in [-0.15, -0.1) is 0 Å². The molecule has 0 radical (unpaired) electrons. The second kappa shape index (κ2) is 5.77. The molecule has 0 rings (SSSR count). The quantitative estimate of drug-likeness (QED) is 0.522.